The van der Waals surface area contributed by atoms with Crippen molar-refractivity contribution in [1.82, 2.24) is 19.8 Å². The van der Waals surface area contributed by atoms with Crippen LogP contribution in [0.5, 0.6) is 0 Å². The molecule has 0 aromatic carbocycles. The predicted octanol–water partition coefficient (Wildman–Crippen LogP) is -0.804. The zero-order chi connectivity index (χ0) is 17.1. The molecular formula is C16H25N5O3. The maximum absolute atomic E-state index is 12.4. The first-order valence-corrected chi connectivity index (χ1v) is 8.41. The summed E-state index contributed by atoms with van der Waals surface area (Å²) in [6.07, 6.45) is 4.67. The van der Waals surface area contributed by atoms with Gasteiger partial charge in [0.25, 0.3) is 11.5 Å². The Bertz CT molecular complexity index is 647. The van der Waals surface area contributed by atoms with Crippen molar-refractivity contribution in [3.63, 3.8) is 0 Å². The Morgan fingerprint density at radius 2 is 2.17 bits per heavy atom. The SMILES string of the molecule is CN1CCO[C@H](C(=O)N[C@@H]2CCCN(c3nccn(C)c3=O)C2)C1. The lowest BCUT2D eigenvalue weighted by atomic mass is 10.1. The molecule has 2 atom stereocenters. The molecule has 0 radical (unpaired) electrons. The Labute approximate surface area is 141 Å². The van der Waals surface area contributed by atoms with Gasteiger partial charge in [-0.2, -0.15) is 0 Å². The number of carbonyl (C=O) groups is 1. The molecule has 2 fully saturated rings. The van der Waals surface area contributed by atoms with Gasteiger partial charge in [-0.15, -0.1) is 0 Å². The van der Waals surface area contributed by atoms with Gasteiger partial charge in [0.2, 0.25) is 0 Å². The van der Waals surface area contributed by atoms with E-state index in [0.717, 1.165) is 25.9 Å². The van der Waals surface area contributed by atoms with Crippen LogP contribution in [0, 0.1) is 0 Å². The molecule has 2 aliphatic heterocycles. The second kappa shape index (κ2) is 7.31. The van der Waals surface area contributed by atoms with E-state index < -0.39 is 6.10 Å². The third-order valence-corrected chi connectivity index (χ3v) is 4.63. The van der Waals surface area contributed by atoms with Crippen LogP contribution >= 0.6 is 0 Å². The van der Waals surface area contributed by atoms with Gasteiger partial charge in [-0.1, -0.05) is 0 Å². The van der Waals surface area contributed by atoms with Crippen molar-refractivity contribution in [3.8, 4) is 0 Å². The van der Waals surface area contributed by atoms with Gasteiger partial charge in [-0.25, -0.2) is 4.98 Å². The molecule has 0 spiro atoms. The van der Waals surface area contributed by atoms with Gasteiger partial charge in [-0.3, -0.25) is 9.59 Å². The number of aryl methyl sites for hydroxylation is 1. The van der Waals surface area contributed by atoms with E-state index in [1.807, 2.05) is 11.9 Å². The van der Waals surface area contributed by atoms with Crippen LogP contribution in [0.2, 0.25) is 0 Å². The van der Waals surface area contributed by atoms with Gasteiger partial charge in [0.1, 0.15) is 6.10 Å². The normalized spacial score (nSPS) is 25.5. The molecule has 1 aromatic heterocycles. The van der Waals surface area contributed by atoms with Gasteiger partial charge < -0.3 is 24.4 Å². The van der Waals surface area contributed by atoms with E-state index >= 15 is 0 Å². The van der Waals surface area contributed by atoms with Crippen LogP contribution in [-0.4, -0.2) is 72.3 Å². The number of nitrogens with one attached hydrogen (secondary N) is 1. The van der Waals surface area contributed by atoms with E-state index in [0.29, 0.717) is 25.5 Å². The smallest absolute Gasteiger partial charge is 0.293 e. The van der Waals surface area contributed by atoms with Crippen molar-refractivity contribution in [2.24, 2.45) is 7.05 Å². The predicted molar refractivity (Wildman–Crippen MR) is 90.1 cm³/mol. The largest absolute Gasteiger partial charge is 0.366 e. The molecular weight excluding hydrogens is 310 g/mol. The molecule has 0 aliphatic carbocycles. The van der Waals surface area contributed by atoms with Crippen molar-refractivity contribution < 1.29 is 9.53 Å². The van der Waals surface area contributed by atoms with Crippen molar-refractivity contribution in [2.75, 3.05) is 44.7 Å². The van der Waals surface area contributed by atoms with E-state index in [9.17, 15) is 9.59 Å². The number of hydrogen-bond acceptors (Lipinski definition) is 6. The van der Waals surface area contributed by atoms with E-state index in [1.165, 1.54) is 4.57 Å². The van der Waals surface area contributed by atoms with Crippen LogP contribution in [-0.2, 0) is 16.6 Å². The average Bonchev–Trinajstić information content (AvgIpc) is 2.57. The summed E-state index contributed by atoms with van der Waals surface area (Å²) in [5, 5.41) is 3.07. The summed E-state index contributed by atoms with van der Waals surface area (Å²) >= 11 is 0. The number of likely N-dealkylation sites (N-methyl/N-ethyl adjacent to an activating group) is 1. The third kappa shape index (κ3) is 3.76. The van der Waals surface area contributed by atoms with Crippen molar-refractivity contribution in [2.45, 2.75) is 25.0 Å². The summed E-state index contributed by atoms with van der Waals surface area (Å²) < 4.78 is 7.09. The average molecular weight is 335 g/mol. The minimum atomic E-state index is -0.415. The van der Waals surface area contributed by atoms with Crippen LogP contribution in [0.1, 0.15) is 12.8 Å². The molecule has 1 amide bonds. The second-order valence-corrected chi connectivity index (χ2v) is 6.58. The zero-order valence-corrected chi connectivity index (χ0v) is 14.3. The first kappa shape index (κ1) is 16.9. The van der Waals surface area contributed by atoms with Crippen molar-refractivity contribution in [1.29, 1.82) is 0 Å². The first-order valence-electron chi connectivity index (χ1n) is 8.41. The molecule has 2 aliphatic rings. The lowest BCUT2D eigenvalue weighted by Gasteiger charge is -2.35. The Hall–Kier alpha value is -1.93. The summed E-state index contributed by atoms with van der Waals surface area (Å²) in [5.74, 6) is 0.384. The molecule has 3 heterocycles. The number of aromatic nitrogens is 2. The number of ether oxygens (including phenoxy) is 1. The topological polar surface area (TPSA) is 79.7 Å². The molecule has 1 aromatic rings. The quantitative estimate of drug-likeness (QED) is 0.779. The van der Waals surface area contributed by atoms with Gasteiger partial charge in [0, 0.05) is 51.7 Å². The number of piperidine rings is 1. The number of rotatable bonds is 3. The van der Waals surface area contributed by atoms with Crippen LogP contribution in [0.25, 0.3) is 0 Å². The van der Waals surface area contributed by atoms with Crippen LogP contribution in [0.3, 0.4) is 0 Å². The summed E-state index contributed by atoms with van der Waals surface area (Å²) in [6.45, 7) is 3.42. The van der Waals surface area contributed by atoms with E-state index in [1.54, 1.807) is 19.4 Å². The highest BCUT2D eigenvalue weighted by Crippen LogP contribution is 2.15. The fourth-order valence-electron chi connectivity index (χ4n) is 3.22. The molecule has 1 N–H and O–H groups in total. The van der Waals surface area contributed by atoms with Crippen LogP contribution in [0.15, 0.2) is 17.2 Å². The number of morpholine rings is 1. The summed E-state index contributed by atoms with van der Waals surface area (Å²) in [7, 11) is 3.70. The molecule has 3 rings (SSSR count). The Morgan fingerprint density at radius 3 is 2.96 bits per heavy atom. The summed E-state index contributed by atoms with van der Waals surface area (Å²) in [4.78, 5) is 32.9. The first-order chi connectivity index (χ1) is 11.5. The third-order valence-electron chi connectivity index (χ3n) is 4.63. The van der Waals surface area contributed by atoms with Gasteiger partial charge in [0.15, 0.2) is 5.82 Å². The second-order valence-electron chi connectivity index (χ2n) is 6.58. The fourth-order valence-corrected chi connectivity index (χ4v) is 3.22. The monoisotopic (exact) mass is 335 g/mol. The molecule has 8 heteroatoms. The maximum Gasteiger partial charge on any atom is 0.293 e. The van der Waals surface area contributed by atoms with Crippen molar-refractivity contribution >= 4 is 11.7 Å². The lowest BCUT2D eigenvalue weighted by molar-refractivity contribution is -0.138. The highest BCUT2D eigenvalue weighted by molar-refractivity contribution is 5.81. The van der Waals surface area contributed by atoms with E-state index in [4.69, 9.17) is 4.74 Å². The highest BCUT2D eigenvalue weighted by atomic mass is 16.5. The van der Waals surface area contributed by atoms with E-state index in [-0.39, 0.29) is 17.5 Å². The van der Waals surface area contributed by atoms with Gasteiger partial charge in [0.05, 0.1) is 6.61 Å². The van der Waals surface area contributed by atoms with Crippen molar-refractivity contribution in [3.05, 3.63) is 22.7 Å². The molecule has 0 bridgehead atoms. The van der Waals surface area contributed by atoms with Crippen LogP contribution < -0.4 is 15.8 Å². The Morgan fingerprint density at radius 1 is 1.33 bits per heavy atom. The fraction of sp³-hybridized carbons (Fsp3) is 0.688. The van der Waals surface area contributed by atoms with E-state index in [2.05, 4.69) is 15.2 Å². The minimum Gasteiger partial charge on any atom is -0.366 e. The molecule has 8 nitrogen and oxygen atoms in total. The molecule has 0 unspecified atom stereocenters. The zero-order valence-electron chi connectivity index (χ0n) is 14.3. The Balaban J connectivity index is 1.62. The van der Waals surface area contributed by atoms with Crippen LogP contribution in [0.4, 0.5) is 5.82 Å². The Kier molecular flexibility index (Phi) is 5.15. The molecule has 24 heavy (non-hydrogen) atoms. The molecule has 0 saturated carbocycles. The number of carbonyl (C=O) groups excluding carboxylic acids is 1. The highest BCUT2D eigenvalue weighted by Gasteiger charge is 2.29. The number of hydrogen-bond donors (Lipinski definition) is 1. The maximum atomic E-state index is 12.4. The summed E-state index contributed by atoms with van der Waals surface area (Å²) in [6, 6.07) is 0.00814. The number of amides is 1. The number of nitrogens with zero attached hydrogens (tertiary/aromatic N) is 4. The molecule has 2 saturated heterocycles. The lowest BCUT2D eigenvalue weighted by Crippen LogP contribution is -2.54. The summed E-state index contributed by atoms with van der Waals surface area (Å²) in [5.41, 5.74) is -0.110. The minimum absolute atomic E-state index is 0.00814. The van der Waals surface area contributed by atoms with Gasteiger partial charge in [-0.05, 0) is 19.9 Å². The standard InChI is InChI=1S/C16H25N5O3/c1-19-8-9-24-13(11-19)15(22)18-12-4-3-6-21(10-12)14-16(23)20(2)7-5-17-14/h5,7,12-13H,3-4,6,8-11H2,1-2H3,(H,18,22)/t12-,13+/m1/s1. The molecule has 132 valence electrons. The van der Waals surface area contributed by atoms with Gasteiger partial charge >= 0.3 is 0 Å². The number of anilines is 1.